The van der Waals surface area contributed by atoms with E-state index in [1.807, 2.05) is 30.3 Å². The van der Waals surface area contributed by atoms with Crippen molar-refractivity contribution in [3.05, 3.63) is 35.9 Å². The zero-order valence-corrected chi connectivity index (χ0v) is 9.77. The van der Waals surface area contributed by atoms with Gasteiger partial charge in [-0.2, -0.15) is 0 Å². The predicted octanol–water partition coefficient (Wildman–Crippen LogP) is 0.912. The second-order valence-corrected chi connectivity index (χ2v) is 3.18. The first kappa shape index (κ1) is 13.6. The Morgan fingerprint density at radius 1 is 1.22 bits per heavy atom. The lowest BCUT2D eigenvalue weighted by molar-refractivity contribution is 0.159. The molecule has 4 heteroatoms. The number of alkyl carbamates (subject to hydrolysis) is 1. The molecule has 1 aromatic carbocycles. The molecular weight excluding hydrogens is 230 g/mol. The summed E-state index contributed by atoms with van der Waals surface area (Å²) >= 11 is 0. The molecule has 2 N–H and O–H groups in total. The molecular formula is C14H13NO3. The van der Waals surface area contributed by atoms with Crippen molar-refractivity contribution in [1.82, 2.24) is 5.32 Å². The minimum Gasteiger partial charge on any atom is -0.436 e. The molecule has 0 aliphatic rings. The van der Waals surface area contributed by atoms with Crippen molar-refractivity contribution < 1.29 is 14.6 Å². The third-order valence-corrected chi connectivity index (χ3v) is 1.87. The lowest BCUT2D eigenvalue weighted by atomic mass is 10.2. The number of aliphatic hydroxyl groups excluding tert-OH is 1. The van der Waals surface area contributed by atoms with Crippen LogP contribution < -0.4 is 5.32 Å². The molecule has 0 bridgehead atoms. The number of carbonyl (C=O) groups is 1. The van der Waals surface area contributed by atoms with E-state index in [0.29, 0.717) is 6.54 Å². The van der Waals surface area contributed by atoms with Crippen LogP contribution >= 0.6 is 0 Å². The fraction of sp³-hybridized carbons (Fsp3) is 0.214. The molecule has 0 unspecified atom stereocenters. The van der Waals surface area contributed by atoms with Crippen LogP contribution in [0.4, 0.5) is 4.79 Å². The molecule has 18 heavy (non-hydrogen) atoms. The summed E-state index contributed by atoms with van der Waals surface area (Å²) in [4.78, 5) is 11.2. The molecule has 0 saturated carbocycles. The number of amides is 1. The minimum atomic E-state index is -0.525. The highest BCUT2D eigenvalue weighted by Crippen LogP contribution is 1.97. The van der Waals surface area contributed by atoms with Crippen LogP contribution in [0.15, 0.2) is 30.3 Å². The molecule has 0 aliphatic carbocycles. The Bertz CT molecular complexity index is 489. The summed E-state index contributed by atoms with van der Waals surface area (Å²) in [7, 11) is 0. The molecule has 4 nitrogen and oxygen atoms in total. The molecule has 0 heterocycles. The van der Waals surface area contributed by atoms with Crippen LogP contribution in [0.25, 0.3) is 0 Å². The van der Waals surface area contributed by atoms with Crippen molar-refractivity contribution in [2.75, 3.05) is 13.2 Å². The van der Waals surface area contributed by atoms with Crippen molar-refractivity contribution in [3.63, 3.8) is 0 Å². The zero-order chi connectivity index (χ0) is 13.1. The summed E-state index contributed by atoms with van der Waals surface area (Å²) in [5.41, 5.74) is 0.995. The second kappa shape index (κ2) is 8.69. The van der Waals surface area contributed by atoms with Crippen LogP contribution in [0, 0.1) is 23.7 Å². The van der Waals surface area contributed by atoms with E-state index >= 15 is 0 Å². The normalized spacial score (nSPS) is 8.28. The fourth-order valence-corrected chi connectivity index (χ4v) is 1.09. The molecule has 0 spiro atoms. The van der Waals surface area contributed by atoms with Crippen molar-refractivity contribution in [2.45, 2.75) is 6.54 Å². The summed E-state index contributed by atoms with van der Waals surface area (Å²) in [5.74, 6) is 9.72. The van der Waals surface area contributed by atoms with Crippen LogP contribution in [-0.2, 0) is 11.3 Å². The number of benzene rings is 1. The quantitative estimate of drug-likeness (QED) is 0.776. The number of ether oxygens (including phenoxy) is 1. The Hall–Kier alpha value is -2.43. The Kier molecular flexibility index (Phi) is 6.58. The van der Waals surface area contributed by atoms with Crippen molar-refractivity contribution in [2.24, 2.45) is 0 Å². The van der Waals surface area contributed by atoms with E-state index in [1.54, 1.807) is 0 Å². The molecule has 1 aromatic rings. The first-order chi connectivity index (χ1) is 8.83. The van der Waals surface area contributed by atoms with E-state index in [1.165, 1.54) is 0 Å². The Balaban J connectivity index is 2.20. The summed E-state index contributed by atoms with van der Waals surface area (Å²) < 4.78 is 4.79. The topological polar surface area (TPSA) is 58.6 Å². The number of rotatable bonds is 3. The average Bonchev–Trinajstić information content (AvgIpc) is 2.41. The highest BCUT2D eigenvalue weighted by Gasteiger charge is 1.99. The molecule has 92 valence electrons. The Labute approximate surface area is 106 Å². The van der Waals surface area contributed by atoms with Gasteiger partial charge in [-0.25, -0.2) is 4.79 Å². The maximum absolute atomic E-state index is 11.2. The van der Waals surface area contributed by atoms with Crippen molar-refractivity contribution in [3.8, 4) is 23.7 Å². The average molecular weight is 243 g/mol. The first-order valence-corrected chi connectivity index (χ1v) is 5.34. The number of hydrogen-bond donors (Lipinski definition) is 2. The van der Waals surface area contributed by atoms with Gasteiger partial charge in [0.2, 0.25) is 0 Å². The summed E-state index contributed by atoms with van der Waals surface area (Å²) in [5, 5.41) is 10.9. The van der Waals surface area contributed by atoms with Crippen molar-refractivity contribution in [1.29, 1.82) is 0 Å². The van der Waals surface area contributed by atoms with Gasteiger partial charge in [0.05, 0.1) is 0 Å². The molecule has 1 amide bonds. The predicted molar refractivity (Wildman–Crippen MR) is 67.3 cm³/mol. The fourth-order valence-electron chi connectivity index (χ4n) is 1.09. The molecule has 0 aromatic heterocycles. The highest BCUT2D eigenvalue weighted by atomic mass is 16.5. The molecule has 0 aliphatic heterocycles. The first-order valence-electron chi connectivity index (χ1n) is 5.34. The highest BCUT2D eigenvalue weighted by molar-refractivity contribution is 5.67. The van der Waals surface area contributed by atoms with Gasteiger partial charge in [-0.1, -0.05) is 36.3 Å². The van der Waals surface area contributed by atoms with Gasteiger partial charge in [0.15, 0.2) is 6.61 Å². The summed E-state index contributed by atoms with van der Waals surface area (Å²) in [6, 6.07) is 9.52. The largest absolute Gasteiger partial charge is 0.436 e. The molecule has 1 rings (SSSR count). The lowest BCUT2D eigenvalue weighted by Crippen LogP contribution is -2.23. The number of hydrogen-bond acceptors (Lipinski definition) is 3. The third kappa shape index (κ3) is 6.22. The smallest absolute Gasteiger partial charge is 0.408 e. The van der Waals surface area contributed by atoms with Crippen LogP contribution in [-0.4, -0.2) is 24.4 Å². The second-order valence-electron chi connectivity index (χ2n) is 3.18. The van der Waals surface area contributed by atoms with Gasteiger partial charge in [-0.15, -0.1) is 0 Å². The van der Waals surface area contributed by atoms with E-state index in [9.17, 15) is 4.79 Å². The van der Waals surface area contributed by atoms with Gasteiger partial charge in [-0.05, 0) is 23.3 Å². The van der Waals surface area contributed by atoms with Gasteiger partial charge < -0.3 is 15.2 Å². The molecule has 0 radical (unpaired) electrons. The Morgan fingerprint density at radius 3 is 2.67 bits per heavy atom. The van der Waals surface area contributed by atoms with E-state index < -0.39 is 6.09 Å². The number of aliphatic hydroxyl groups is 1. The van der Waals surface area contributed by atoms with Gasteiger partial charge in [0.1, 0.15) is 6.61 Å². The zero-order valence-electron chi connectivity index (χ0n) is 9.77. The van der Waals surface area contributed by atoms with Crippen molar-refractivity contribution >= 4 is 6.09 Å². The summed E-state index contributed by atoms with van der Waals surface area (Å²) in [6.07, 6.45) is -0.525. The SMILES string of the molecule is O=C(NCc1ccccc1)OCC#CC#CCO. The third-order valence-electron chi connectivity index (χ3n) is 1.87. The van der Waals surface area contributed by atoms with Gasteiger partial charge >= 0.3 is 6.09 Å². The van der Waals surface area contributed by atoms with E-state index in [2.05, 4.69) is 29.0 Å². The van der Waals surface area contributed by atoms with Crippen LogP contribution in [0.2, 0.25) is 0 Å². The lowest BCUT2D eigenvalue weighted by Gasteiger charge is -2.04. The number of carbonyl (C=O) groups excluding carboxylic acids is 1. The molecule has 0 saturated heterocycles. The molecule has 0 atom stereocenters. The van der Waals surface area contributed by atoms with Crippen LogP contribution in [0.3, 0.4) is 0 Å². The van der Waals surface area contributed by atoms with Gasteiger partial charge in [-0.3, -0.25) is 0 Å². The van der Waals surface area contributed by atoms with E-state index in [0.717, 1.165) is 5.56 Å². The number of nitrogens with one attached hydrogen (secondary N) is 1. The van der Waals surface area contributed by atoms with Crippen LogP contribution in [0.5, 0.6) is 0 Å². The molecule has 0 fully saturated rings. The van der Waals surface area contributed by atoms with Crippen LogP contribution in [0.1, 0.15) is 5.56 Å². The minimum absolute atomic E-state index is 0.0271. The maximum Gasteiger partial charge on any atom is 0.408 e. The van der Waals surface area contributed by atoms with E-state index in [4.69, 9.17) is 9.84 Å². The Morgan fingerprint density at radius 2 is 1.94 bits per heavy atom. The van der Waals surface area contributed by atoms with Gasteiger partial charge in [0, 0.05) is 6.54 Å². The standard InChI is InChI=1S/C14H13NO3/c16-10-6-1-2-7-11-18-14(17)15-12-13-8-4-3-5-9-13/h3-5,8-9,16H,10-12H2,(H,15,17). The van der Waals surface area contributed by atoms with E-state index in [-0.39, 0.29) is 13.2 Å². The summed E-state index contributed by atoms with van der Waals surface area (Å²) in [6.45, 7) is 0.158. The maximum atomic E-state index is 11.2. The monoisotopic (exact) mass is 243 g/mol. The van der Waals surface area contributed by atoms with Gasteiger partial charge in [0.25, 0.3) is 0 Å².